The van der Waals surface area contributed by atoms with E-state index in [2.05, 4.69) is 10.6 Å². The van der Waals surface area contributed by atoms with Gasteiger partial charge in [0.05, 0.1) is 4.92 Å². The molecule has 3 rings (SSSR count). The van der Waals surface area contributed by atoms with Crippen molar-refractivity contribution in [2.24, 2.45) is 11.8 Å². The van der Waals surface area contributed by atoms with Crippen LogP contribution in [0.4, 0.5) is 11.4 Å². The van der Waals surface area contributed by atoms with E-state index < -0.39 is 0 Å². The number of nitrogens with zero attached hydrogens (tertiary/aromatic N) is 1. The van der Waals surface area contributed by atoms with Crippen LogP contribution in [0.2, 0.25) is 5.02 Å². The summed E-state index contributed by atoms with van der Waals surface area (Å²) in [6.07, 6.45) is 0. The smallest absolute Gasteiger partial charge is 0.292 e. The van der Waals surface area contributed by atoms with Crippen molar-refractivity contribution in [1.29, 1.82) is 0 Å². The Labute approximate surface area is 103 Å². The average Bonchev–Trinajstić information content (AvgIpc) is 2.74. The van der Waals surface area contributed by atoms with Crippen LogP contribution in [0.5, 0.6) is 0 Å². The first kappa shape index (κ1) is 10.8. The van der Waals surface area contributed by atoms with Gasteiger partial charge >= 0.3 is 0 Å². The standard InChI is InChI=1S/C11H12ClN3O2/c12-6-1-2-10(15(16)17)9(3-6)14-11-7-4-13-5-8(7)11/h1-3,7-8,11,13-14H,4-5H2. The highest BCUT2D eigenvalue weighted by Crippen LogP contribution is 2.45. The van der Waals surface area contributed by atoms with Crippen LogP contribution in [0.25, 0.3) is 0 Å². The van der Waals surface area contributed by atoms with Gasteiger partial charge in [-0.2, -0.15) is 0 Å². The number of hydrogen-bond donors (Lipinski definition) is 2. The topological polar surface area (TPSA) is 67.2 Å². The molecule has 0 bridgehead atoms. The Morgan fingerprint density at radius 1 is 1.41 bits per heavy atom. The fourth-order valence-electron chi connectivity index (χ4n) is 2.60. The summed E-state index contributed by atoms with van der Waals surface area (Å²) in [7, 11) is 0. The Morgan fingerprint density at radius 3 is 2.76 bits per heavy atom. The van der Waals surface area contributed by atoms with Gasteiger partial charge in [0, 0.05) is 30.2 Å². The van der Waals surface area contributed by atoms with Crippen LogP contribution in [-0.2, 0) is 0 Å². The zero-order valence-electron chi connectivity index (χ0n) is 9.02. The summed E-state index contributed by atoms with van der Waals surface area (Å²) in [6, 6.07) is 4.97. The van der Waals surface area contributed by atoms with Crippen LogP contribution >= 0.6 is 11.6 Å². The summed E-state index contributed by atoms with van der Waals surface area (Å²) < 4.78 is 0. The monoisotopic (exact) mass is 253 g/mol. The second kappa shape index (κ2) is 3.85. The minimum Gasteiger partial charge on any atom is -0.376 e. The number of nitro groups is 1. The molecule has 1 saturated heterocycles. The van der Waals surface area contributed by atoms with Gasteiger partial charge in [0.15, 0.2) is 0 Å². The van der Waals surface area contributed by atoms with E-state index in [1.807, 2.05) is 0 Å². The van der Waals surface area contributed by atoms with Gasteiger partial charge in [0.25, 0.3) is 5.69 Å². The quantitative estimate of drug-likeness (QED) is 0.638. The molecule has 2 aliphatic rings. The molecule has 1 heterocycles. The lowest BCUT2D eigenvalue weighted by Gasteiger charge is -2.09. The first-order chi connectivity index (χ1) is 8.16. The third-order valence-electron chi connectivity index (χ3n) is 3.57. The lowest BCUT2D eigenvalue weighted by molar-refractivity contribution is -0.384. The van der Waals surface area contributed by atoms with Gasteiger partial charge in [-0.25, -0.2) is 0 Å². The minimum atomic E-state index is -0.380. The van der Waals surface area contributed by atoms with Gasteiger partial charge in [-0.3, -0.25) is 10.1 Å². The molecule has 2 N–H and O–H groups in total. The van der Waals surface area contributed by atoms with Gasteiger partial charge in [-0.1, -0.05) is 11.6 Å². The predicted octanol–water partition coefficient (Wildman–Crippen LogP) is 1.88. The fraction of sp³-hybridized carbons (Fsp3) is 0.455. The SMILES string of the molecule is O=[N+]([O-])c1ccc(Cl)cc1NC1C2CNCC21. The summed E-state index contributed by atoms with van der Waals surface area (Å²) in [5, 5.41) is 17.9. The number of piperidine rings is 1. The van der Waals surface area contributed by atoms with E-state index in [0.29, 0.717) is 28.6 Å². The predicted molar refractivity (Wildman–Crippen MR) is 65.4 cm³/mol. The summed E-state index contributed by atoms with van der Waals surface area (Å²) in [5.41, 5.74) is 0.620. The summed E-state index contributed by atoms with van der Waals surface area (Å²) >= 11 is 5.87. The van der Waals surface area contributed by atoms with E-state index >= 15 is 0 Å². The molecule has 2 unspecified atom stereocenters. The molecule has 2 atom stereocenters. The number of halogens is 1. The molecule has 0 spiro atoms. The maximum atomic E-state index is 10.9. The van der Waals surface area contributed by atoms with Crippen LogP contribution in [0.1, 0.15) is 0 Å². The van der Waals surface area contributed by atoms with E-state index in [1.54, 1.807) is 12.1 Å². The summed E-state index contributed by atoms with van der Waals surface area (Å²) in [5.74, 6) is 1.21. The Morgan fingerprint density at radius 2 is 2.12 bits per heavy atom. The van der Waals surface area contributed by atoms with Crippen molar-refractivity contribution in [2.75, 3.05) is 18.4 Å². The Bertz CT molecular complexity index is 470. The van der Waals surface area contributed by atoms with Crippen molar-refractivity contribution in [3.63, 3.8) is 0 Å². The van der Waals surface area contributed by atoms with Crippen LogP contribution in [0, 0.1) is 22.0 Å². The van der Waals surface area contributed by atoms with E-state index in [9.17, 15) is 10.1 Å². The van der Waals surface area contributed by atoms with Crippen molar-refractivity contribution < 1.29 is 4.92 Å². The molecular weight excluding hydrogens is 242 g/mol. The minimum absolute atomic E-state index is 0.0901. The first-order valence-electron chi connectivity index (χ1n) is 5.58. The number of rotatable bonds is 3. The molecule has 6 heteroatoms. The van der Waals surface area contributed by atoms with Gasteiger partial charge in [0.1, 0.15) is 5.69 Å². The maximum Gasteiger partial charge on any atom is 0.292 e. The number of fused-ring (bicyclic) bond motifs is 1. The molecule has 2 fully saturated rings. The van der Waals surface area contributed by atoms with E-state index in [-0.39, 0.29) is 10.6 Å². The van der Waals surface area contributed by atoms with Crippen molar-refractivity contribution in [2.45, 2.75) is 6.04 Å². The van der Waals surface area contributed by atoms with E-state index in [4.69, 9.17) is 11.6 Å². The Balaban J connectivity index is 1.82. The van der Waals surface area contributed by atoms with Gasteiger partial charge in [-0.15, -0.1) is 0 Å². The highest BCUT2D eigenvalue weighted by molar-refractivity contribution is 6.31. The van der Waals surface area contributed by atoms with Crippen molar-refractivity contribution in [3.05, 3.63) is 33.3 Å². The molecule has 17 heavy (non-hydrogen) atoms. The van der Waals surface area contributed by atoms with Crippen LogP contribution in [-0.4, -0.2) is 24.1 Å². The fourth-order valence-corrected chi connectivity index (χ4v) is 2.77. The molecule has 90 valence electrons. The highest BCUT2D eigenvalue weighted by atomic mass is 35.5. The van der Waals surface area contributed by atoms with Gasteiger partial charge in [0.2, 0.25) is 0 Å². The molecule has 1 aromatic carbocycles. The first-order valence-corrected chi connectivity index (χ1v) is 5.96. The lowest BCUT2D eigenvalue weighted by atomic mass is 10.2. The molecule has 0 radical (unpaired) electrons. The molecule has 5 nitrogen and oxygen atoms in total. The third-order valence-corrected chi connectivity index (χ3v) is 3.80. The van der Waals surface area contributed by atoms with Crippen molar-refractivity contribution in [3.8, 4) is 0 Å². The molecule has 0 amide bonds. The van der Waals surface area contributed by atoms with Crippen LogP contribution < -0.4 is 10.6 Å². The van der Waals surface area contributed by atoms with E-state index in [1.165, 1.54) is 6.07 Å². The largest absolute Gasteiger partial charge is 0.376 e. The van der Waals surface area contributed by atoms with Gasteiger partial charge < -0.3 is 10.6 Å². The molecule has 0 aromatic heterocycles. The molecule has 1 aliphatic carbocycles. The van der Waals surface area contributed by atoms with Crippen molar-refractivity contribution in [1.82, 2.24) is 5.32 Å². The maximum absolute atomic E-state index is 10.9. The second-order valence-corrected chi connectivity index (χ2v) is 5.01. The second-order valence-electron chi connectivity index (χ2n) is 4.57. The number of anilines is 1. The number of benzene rings is 1. The number of nitrogens with one attached hydrogen (secondary N) is 2. The summed E-state index contributed by atoms with van der Waals surface area (Å²) in [4.78, 5) is 10.5. The Kier molecular flexibility index (Phi) is 2.45. The molecule has 1 aromatic rings. The number of nitro benzene ring substituents is 1. The Hall–Kier alpha value is -1.33. The zero-order valence-corrected chi connectivity index (χ0v) is 9.78. The molecule has 1 saturated carbocycles. The highest BCUT2D eigenvalue weighted by Gasteiger charge is 2.53. The van der Waals surface area contributed by atoms with Crippen LogP contribution in [0.3, 0.4) is 0 Å². The molecule has 1 aliphatic heterocycles. The summed E-state index contributed by atoms with van der Waals surface area (Å²) in [6.45, 7) is 1.99. The number of hydrogen-bond acceptors (Lipinski definition) is 4. The zero-order chi connectivity index (χ0) is 12.0. The lowest BCUT2D eigenvalue weighted by Crippen LogP contribution is -2.21. The van der Waals surface area contributed by atoms with Crippen molar-refractivity contribution >= 4 is 23.0 Å². The molecular formula is C11H12ClN3O2. The van der Waals surface area contributed by atoms with E-state index in [0.717, 1.165) is 13.1 Å². The normalized spacial score (nSPS) is 29.8. The van der Waals surface area contributed by atoms with Gasteiger partial charge in [-0.05, 0) is 24.0 Å². The van der Waals surface area contributed by atoms with Crippen LogP contribution in [0.15, 0.2) is 18.2 Å². The average molecular weight is 254 g/mol. The third kappa shape index (κ3) is 1.85.